The van der Waals surface area contributed by atoms with E-state index in [2.05, 4.69) is 19.1 Å². The topological polar surface area (TPSA) is 17.1 Å². The molecule has 1 heteroatoms. The molecule has 2 aliphatic rings. The predicted molar refractivity (Wildman–Crippen MR) is 48.7 cm³/mol. The second-order valence-corrected chi connectivity index (χ2v) is 4.15. The summed E-state index contributed by atoms with van der Waals surface area (Å²) in [6.07, 6.45) is 6.50. The molecule has 0 heterocycles. The van der Waals surface area contributed by atoms with Crippen LogP contribution in [0.5, 0.6) is 0 Å². The molecule has 2 aliphatic carbocycles. The minimum Gasteiger partial charge on any atom is -0.299 e. The van der Waals surface area contributed by atoms with Crippen molar-refractivity contribution in [2.24, 2.45) is 23.7 Å². The van der Waals surface area contributed by atoms with E-state index in [1.807, 2.05) is 6.92 Å². The number of ketones is 1. The Morgan fingerprint density at radius 3 is 2.58 bits per heavy atom. The molecule has 66 valence electrons. The molecule has 0 radical (unpaired) electrons. The Morgan fingerprint density at radius 1 is 1.42 bits per heavy atom. The maximum Gasteiger partial charge on any atom is 0.136 e. The molecular weight excluding hydrogens is 148 g/mol. The Balaban J connectivity index is 2.18. The molecule has 2 rings (SSSR count). The van der Waals surface area contributed by atoms with Gasteiger partial charge in [0.25, 0.3) is 0 Å². The summed E-state index contributed by atoms with van der Waals surface area (Å²) in [5.41, 5.74) is 0. The van der Waals surface area contributed by atoms with Gasteiger partial charge in [0.15, 0.2) is 0 Å². The molecule has 1 fully saturated rings. The molecule has 0 spiro atoms. The van der Waals surface area contributed by atoms with Gasteiger partial charge in [-0.15, -0.1) is 0 Å². The van der Waals surface area contributed by atoms with E-state index in [1.165, 1.54) is 6.42 Å². The van der Waals surface area contributed by atoms with Crippen LogP contribution in [-0.4, -0.2) is 5.78 Å². The zero-order valence-electron chi connectivity index (χ0n) is 7.79. The average Bonchev–Trinajstić information content (AvgIpc) is 2.63. The average molecular weight is 164 g/mol. The first-order valence-corrected chi connectivity index (χ1v) is 4.95. The van der Waals surface area contributed by atoms with E-state index in [0.717, 1.165) is 0 Å². The summed E-state index contributed by atoms with van der Waals surface area (Å²) in [6, 6.07) is 0. The zero-order chi connectivity index (χ0) is 8.72. The van der Waals surface area contributed by atoms with Crippen LogP contribution in [0.2, 0.25) is 0 Å². The molecule has 1 saturated carbocycles. The van der Waals surface area contributed by atoms with Crippen LogP contribution in [0.3, 0.4) is 0 Å². The van der Waals surface area contributed by atoms with Gasteiger partial charge in [0.1, 0.15) is 5.78 Å². The lowest BCUT2D eigenvalue weighted by atomic mass is 9.81. The van der Waals surface area contributed by atoms with Crippen molar-refractivity contribution in [3.63, 3.8) is 0 Å². The molecule has 0 unspecified atom stereocenters. The van der Waals surface area contributed by atoms with Gasteiger partial charge < -0.3 is 0 Å². The van der Waals surface area contributed by atoms with E-state index in [-0.39, 0.29) is 0 Å². The Morgan fingerprint density at radius 2 is 2.08 bits per heavy atom. The van der Waals surface area contributed by atoms with Crippen molar-refractivity contribution in [3.05, 3.63) is 12.2 Å². The second kappa shape index (κ2) is 2.72. The summed E-state index contributed by atoms with van der Waals surface area (Å²) in [7, 11) is 0. The first-order valence-electron chi connectivity index (χ1n) is 4.95. The van der Waals surface area contributed by atoms with Gasteiger partial charge in [-0.2, -0.15) is 0 Å². The number of hydrogen-bond donors (Lipinski definition) is 0. The summed E-state index contributed by atoms with van der Waals surface area (Å²) >= 11 is 0. The van der Waals surface area contributed by atoms with Gasteiger partial charge in [0.2, 0.25) is 0 Å². The van der Waals surface area contributed by atoms with Gasteiger partial charge >= 0.3 is 0 Å². The SMILES string of the molecule is CCC(=O)[C@@H]1[C@H](C)[C@@H]2C=C[C@H]1C2. The molecular formula is C11H16O. The van der Waals surface area contributed by atoms with E-state index in [1.54, 1.807) is 0 Å². The molecule has 0 aromatic rings. The molecule has 0 aliphatic heterocycles. The molecule has 1 nitrogen and oxygen atoms in total. The fourth-order valence-corrected chi connectivity index (χ4v) is 2.84. The van der Waals surface area contributed by atoms with Gasteiger partial charge in [-0.3, -0.25) is 4.79 Å². The maximum atomic E-state index is 11.6. The Hall–Kier alpha value is -0.590. The first-order chi connectivity index (χ1) is 5.74. The van der Waals surface area contributed by atoms with Crippen molar-refractivity contribution in [2.45, 2.75) is 26.7 Å². The molecule has 2 bridgehead atoms. The Bertz CT molecular complexity index is 229. The number of carbonyl (C=O) groups excluding carboxylic acids is 1. The van der Waals surface area contributed by atoms with Gasteiger partial charge in [-0.05, 0) is 24.2 Å². The number of rotatable bonds is 2. The predicted octanol–water partition coefficient (Wildman–Crippen LogP) is 2.42. The highest BCUT2D eigenvalue weighted by Crippen LogP contribution is 2.48. The molecule has 0 saturated heterocycles. The van der Waals surface area contributed by atoms with E-state index in [4.69, 9.17) is 0 Å². The van der Waals surface area contributed by atoms with E-state index in [0.29, 0.717) is 35.9 Å². The van der Waals surface area contributed by atoms with E-state index in [9.17, 15) is 4.79 Å². The third kappa shape index (κ3) is 0.954. The fraction of sp³-hybridized carbons (Fsp3) is 0.727. The highest BCUT2D eigenvalue weighted by Gasteiger charge is 2.44. The molecule has 4 atom stereocenters. The quantitative estimate of drug-likeness (QED) is 0.573. The van der Waals surface area contributed by atoms with Crippen molar-refractivity contribution in [1.29, 1.82) is 0 Å². The Kier molecular flexibility index (Phi) is 1.82. The smallest absolute Gasteiger partial charge is 0.136 e. The van der Waals surface area contributed by atoms with Crippen molar-refractivity contribution in [1.82, 2.24) is 0 Å². The lowest BCUT2D eigenvalue weighted by Crippen LogP contribution is -2.24. The second-order valence-electron chi connectivity index (χ2n) is 4.15. The minimum atomic E-state index is 0.352. The van der Waals surface area contributed by atoms with Gasteiger partial charge in [-0.1, -0.05) is 26.0 Å². The van der Waals surface area contributed by atoms with Crippen LogP contribution < -0.4 is 0 Å². The maximum absolute atomic E-state index is 11.6. The van der Waals surface area contributed by atoms with Crippen LogP contribution >= 0.6 is 0 Å². The molecule has 0 aromatic heterocycles. The van der Waals surface area contributed by atoms with Crippen molar-refractivity contribution >= 4 is 5.78 Å². The summed E-state index contributed by atoms with van der Waals surface area (Å²) in [5.74, 6) is 2.71. The first kappa shape index (κ1) is 8.03. The molecule has 12 heavy (non-hydrogen) atoms. The van der Waals surface area contributed by atoms with Crippen LogP contribution in [0.4, 0.5) is 0 Å². The molecule has 0 aromatic carbocycles. The number of hydrogen-bond acceptors (Lipinski definition) is 1. The zero-order valence-corrected chi connectivity index (χ0v) is 7.79. The summed E-state index contributed by atoms with van der Waals surface area (Å²) in [6.45, 7) is 4.21. The highest BCUT2D eigenvalue weighted by molar-refractivity contribution is 5.82. The van der Waals surface area contributed by atoms with E-state index >= 15 is 0 Å². The van der Waals surface area contributed by atoms with Crippen molar-refractivity contribution in [3.8, 4) is 0 Å². The number of Topliss-reactive ketones (excluding diaryl/α,β-unsaturated/α-hetero) is 1. The monoisotopic (exact) mass is 164 g/mol. The normalized spacial score (nSPS) is 43.8. The lowest BCUT2D eigenvalue weighted by Gasteiger charge is -2.22. The fourth-order valence-electron chi connectivity index (χ4n) is 2.84. The molecule has 0 amide bonds. The third-order valence-electron chi connectivity index (χ3n) is 3.57. The van der Waals surface area contributed by atoms with Crippen molar-refractivity contribution < 1.29 is 4.79 Å². The van der Waals surface area contributed by atoms with Gasteiger partial charge in [-0.25, -0.2) is 0 Å². The highest BCUT2D eigenvalue weighted by atomic mass is 16.1. The summed E-state index contributed by atoms with van der Waals surface area (Å²) in [4.78, 5) is 11.6. The lowest BCUT2D eigenvalue weighted by molar-refractivity contribution is -0.124. The Labute approximate surface area is 73.8 Å². The standard InChI is InChI=1S/C11H16O/c1-3-10(12)11-7(2)8-4-5-9(11)6-8/h4-5,7-9,11H,3,6H2,1-2H3/t7-,8-,9+,11-/m1/s1. The van der Waals surface area contributed by atoms with Gasteiger partial charge in [0.05, 0.1) is 0 Å². The third-order valence-corrected chi connectivity index (χ3v) is 3.57. The van der Waals surface area contributed by atoms with Crippen LogP contribution in [-0.2, 0) is 4.79 Å². The van der Waals surface area contributed by atoms with Crippen LogP contribution in [0, 0.1) is 23.7 Å². The number of carbonyl (C=O) groups is 1. The summed E-state index contributed by atoms with van der Waals surface area (Å²) < 4.78 is 0. The number of allylic oxidation sites excluding steroid dienone is 2. The van der Waals surface area contributed by atoms with Crippen LogP contribution in [0.15, 0.2) is 12.2 Å². The minimum absolute atomic E-state index is 0.352. The molecule has 0 N–H and O–H groups in total. The number of fused-ring (bicyclic) bond motifs is 2. The van der Waals surface area contributed by atoms with Crippen LogP contribution in [0.1, 0.15) is 26.7 Å². The van der Waals surface area contributed by atoms with E-state index < -0.39 is 0 Å². The van der Waals surface area contributed by atoms with Crippen LogP contribution in [0.25, 0.3) is 0 Å². The largest absolute Gasteiger partial charge is 0.299 e. The van der Waals surface area contributed by atoms with Crippen molar-refractivity contribution in [2.75, 3.05) is 0 Å². The van der Waals surface area contributed by atoms with Gasteiger partial charge in [0, 0.05) is 12.3 Å². The summed E-state index contributed by atoms with van der Waals surface area (Å²) in [5, 5.41) is 0.